The summed E-state index contributed by atoms with van der Waals surface area (Å²) in [7, 11) is 0. The second kappa shape index (κ2) is 5.60. The molecule has 1 rings (SSSR count). The Bertz CT molecular complexity index is 216. The Balaban J connectivity index is 2.08. The van der Waals surface area contributed by atoms with Crippen LogP contribution >= 0.6 is 11.8 Å². The molecule has 2 N–H and O–H groups in total. The Hall–Kier alpha value is -0.430. The van der Waals surface area contributed by atoms with Crippen molar-refractivity contribution in [1.29, 1.82) is 0 Å². The van der Waals surface area contributed by atoms with Crippen LogP contribution in [0.2, 0.25) is 0 Å². The first-order valence-corrected chi connectivity index (χ1v) is 5.77. The fourth-order valence-corrected chi connectivity index (χ4v) is 2.38. The molecule has 7 heteroatoms. The molecule has 0 aromatic heterocycles. The number of alkyl halides is 3. The molecule has 0 aliphatic carbocycles. The Morgan fingerprint density at radius 1 is 1.47 bits per heavy atom. The number of hydrogen-bond acceptors (Lipinski definition) is 3. The minimum atomic E-state index is -4.33. The number of amides is 1. The topological polar surface area (TPSA) is 41.1 Å². The molecule has 1 heterocycles. The molecule has 88 valence electrons. The van der Waals surface area contributed by atoms with E-state index in [4.69, 9.17) is 0 Å². The van der Waals surface area contributed by atoms with Gasteiger partial charge in [0.05, 0.1) is 6.54 Å². The summed E-state index contributed by atoms with van der Waals surface area (Å²) in [5, 5.41) is 4.73. The maximum absolute atomic E-state index is 11.7. The second-order valence-electron chi connectivity index (χ2n) is 3.33. The molecule has 0 radical (unpaired) electrons. The quantitative estimate of drug-likeness (QED) is 0.764. The van der Waals surface area contributed by atoms with Crippen molar-refractivity contribution in [3.05, 3.63) is 0 Å². The van der Waals surface area contributed by atoms with Gasteiger partial charge in [0.2, 0.25) is 5.91 Å². The van der Waals surface area contributed by atoms with Crippen LogP contribution in [0.4, 0.5) is 13.2 Å². The Labute approximate surface area is 90.2 Å². The molecule has 1 fully saturated rings. The molecule has 3 nitrogen and oxygen atoms in total. The minimum Gasteiger partial charge on any atom is -0.346 e. The SMILES string of the molecule is O=C(CNC1CCSC1)NCC(F)(F)F. The van der Waals surface area contributed by atoms with E-state index in [1.54, 1.807) is 11.8 Å². The standard InChI is InChI=1S/C8H13F3N2OS/c9-8(10,11)5-13-7(14)3-12-6-1-2-15-4-6/h6,12H,1-5H2,(H,13,14). The highest BCUT2D eigenvalue weighted by molar-refractivity contribution is 7.99. The molecular weight excluding hydrogens is 229 g/mol. The maximum Gasteiger partial charge on any atom is 0.405 e. The summed E-state index contributed by atoms with van der Waals surface area (Å²) >= 11 is 1.78. The van der Waals surface area contributed by atoms with Gasteiger partial charge in [0.1, 0.15) is 6.54 Å². The van der Waals surface area contributed by atoms with Crippen LogP contribution in [-0.2, 0) is 4.79 Å². The third-order valence-electron chi connectivity index (χ3n) is 1.97. The fraction of sp³-hybridized carbons (Fsp3) is 0.875. The summed E-state index contributed by atoms with van der Waals surface area (Å²) in [6.07, 6.45) is -3.36. The summed E-state index contributed by atoms with van der Waals surface area (Å²) in [6.45, 7) is -1.30. The van der Waals surface area contributed by atoms with Crippen molar-refractivity contribution >= 4 is 17.7 Å². The van der Waals surface area contributed by atoms with E-state index in [1.165, 1.54) is 0 Å². The van der Waals surface area contributed by atoms with E-state index in [0.29, 0.717) is 0 Å². The van der Waals surface area contributed by atoms with Crippen molar-refractivity contribution in [2.24, 2.45) is 0 Å². The van der Waals surface area contributed by atoms with Crippen LogP contribution in [0, 0.1) is 0 Å². The van der Waals surface area contributed by atoms with Crippen molar-refractivity contribution in [3.63, 3.8) is 0 Å². The largest absolute Gasteiger partial charge is 0.405 e. The van der Waals surface area contributed by atoms with Crippen molar-refractivity contribution in [2.75, 3.05) is 24.6 Å². The summed E-state index contributed by atoms with van der Waals surface area (Å²) in [5.41, 5.74) is 0. The van der Waals surface area contributed by atoms with E-state index in [2.05, 4.69) is 5.32 Å². The average Bonchev–Trinajstić information content (AvgIpc) is 2.62. The van der Waals surface area contributed by atoms with Crippen LogP contribution in [0.3, 0.4) is 0 Å². The highest BCUT2D eigenvalue weighted by Gasteiger charge is 2.27. The van der Waals surface area contributed by atoms with Gasteiger partial charge in [-0.1, -0.05) is 0 Å². The normalized spacial score (nSPS) is 21.7. The van der Waals surface area contributed by atoms with E-state index >= 15 is 0 Å². The summed E-state index contributed by atoms with van der Waals surface area (Å²) in [5.74, 6) is 1.36. The van der Waals surface area contributed by atoms with Crippen LogP contribution in [0.1, 0.15) is 6.42 Å². The lowest BCUT2D eigenvalue weighted by Gasteiger charge is -2.12. The van der Waals surface area contributed by atoms with Gasteiger partial charge >= 0.3 is 6.18 Å². The molecule has 1 amide bonds. The van der Waals surface area contributed by atoms with E-state index in [1.807, 2.05) is 5.32 Å². The minimum absolute atomic E-state index is 0.0404. The van der Waals surface area contributed by atoms with Crippen LogP contribution < -0.4 is 10.6 Å². The highest BCUT2D eigenvalue weighted by atomic mass is 32.2. The van der Waals surface area contributed by atoms with Gasteiger partial charge in [-0.25, -0.2) is 0 Å². The van der Waals surface area contributed by atoms with Gasteiger partial charge in [-0.3, -0.25) is 4.79 Å². The zero-order chi connectivity index (χ0) is 11.3. The van der Waals surface area contributed by atoms with Gasteiger partial charge in [-0.15, -0.1) is 0 Å². The molecule has 0 spiro atoms. The lowest BCUT2D eigenvalue weighted by atomic mass is 10.2. The van der Waals surface area contributed by atoms with Crippen molar-refractivity contribution in [2.45, 2.75) is 18.6 Å². The first-order valence-electron chi connectivity index (χ1n) is 4.62. The summed E-state index contributed by atoms with van der Waals surface area (Å²) < 4.78 is 35.2. The van der Waals surface area contributed by atoms with Crippen LogP contribution in [0.25, 0.3) is 0 Å². The molecule has 1 aliphatic heterocycles. The third-order valence-corrected chi connectivity index (χ3v) is 3.13. The van der Waals surface area contributed by atoms with Crippen LogP contribution in [-0.4, -0.2) is 42.7 Å². The summed E-state index contributed by atoms with van der Waals surface area (Å²) in [6, 6.07) is 0.256. The number of rotatable bonds is 4. The molecule has 0 saturated carbocycles. The molecule has 1 aliphatic rings. The van der Waals surface area contributed by atoms with Gasteiger partial charge in [-0.2, -0.15) is 24.9 Å². The van der Waals surface area contributed by atoms with Gasteiger partial charge in [0, 0.05) is 11.8 Å². The summed E-state index contributed by atoms with van der Waals surface area (Å²) in [4.78, 5) is 11.0. The van der Waals surface area contributed by atoms with E-state index < -0.39 is 18.6 Å². The van der Waals surface area contributed by atoms with E-state index in [9.17, 15) is 18.0 Å². The van der Waals surface area contributed by atoms with Crippen LogP contribution in [0.15, 0.2) is 0 Å². The van der Waals surface area contributed by atoms with Gasteiger partial charge in [0.15, 0.2) is 0 Å². The van der Waals surface area contributed by atoms with Crippen molar-refractivity contribution in [3.8, 4) is 0 Å². The predicted molar refractivity (Wildman–Crippen MR) is 52.8 cm³/mol. The third kappa shape index (κ3) is 5.88. The number of thioether (sulfide) groups is 1. The molecule has 1 atom stereocenters. The van der Waals surface area contributed by atoms with E-state index in [0.717, 1.165) is 17.9 Å². The Morgan fingerprint density at radius 2 is 2.20 bits per heavy atom. The molecular formula is C8H13F3N2OS. The Morgan fingerprint density at radius 3 is 2.73 bits per heavy atom. The van der Waals surface area contributed by atoms with Gasteiger partial charge in [-0.05, 0) is 12.2 Å². The van der Waals surface area contributed by atoms with Gasteiger partial charge in [0.25, 0.3) is 0 Å². The second-order valence-corrected chi connectivity index (χ2v) is 4.48. The monoisotopic (exact) mass is 242 g/mol. The number of carbonyl (C=O) groups excluding carboxylic acids is 1. The van der Waals surface area contributed by atoms with Gasteiger partial charge < -0.3 is 10.6 Å². The fourth-order valence-electron chi connectivity index (χ4n) is 1.19. The molecule has 0 aromatic carbocycles. The zero-order valence-corrected chi connectivity index (χ0v) is 8.88. The Kier molecular flexibility index (Phi) is 4.72. The lowest BCUT2D eigenvalue weighted by molar-refractivity contribution is -0.137. The van der Waals surface area contributed by atoms with Crippen molar-refractivity contribution < 1.29 is 18.0 Å². The average molecular weight is 242 g/mol. The lowest BCUT2D eigenvalue weighted by Crippen LogP contribution is -2.42. The maximum atomic E-state index is 11.7. The first kappa shape index (κ1) is 12.6. The number of carbonyl (C=O) groups is 1. The number of nitrogens with one attached hydrogen (secondary N) is 2. The highest BCUT2D eigenvalue weighted by Crippen LogP contribution is 2.16. The van der Waals surface area contributed by atoms with E-state index in [-0.39, 0.29) is 12.6 Å². The molecule has 0 bridgehead atoms. The predicted octanol–water partition coefficient (Wildman–Crippen LogP) is 0.760. The molecule has 15 heavy (non-hydrogen) atoms. The molecule has 1 unspecified atom stereocenters. The van der Waals surface area contributed by atoms with Crippen LogP contribution in [0.5, 0.6) is 0 Å². The molecule has 1 saturated heterocycles. The molecule has 0 aromatic rings. The van der Waals surface area contributed by atoms with Crippen molar-refractivity contribution in [1.82, 2.24) is 10.6 Å². The number of halogens is 3. The smallest absolute Gasteiger partial charge is 0.346 e. The number of hydrogen-bond donors (Lipinski definition) is 2. The first-order chi connectivity index (χ1) is 6.97. The zero-order valence-electron chi connectivity index (χ0n) is 8.06.